The third-order valence-corrected chi connectivity index (χ3v) is 2.36. The van der Waals surface area contributed by atoms with Gasteiger partial charge in [-0.25, -0.2) is 0 Å². The highest BCUT2D eigenvalue weighted by atomic mass is 19.4. The normalized spacial score (nSPS) is 11.7. The van der Waals surface area contributed by atoms with Crippen LogP contribution in [0.4, 0.5) is 18.9 Å². The van der Waals surface area contributed by atoms with Crippen LogP contribution in [0, 0.1) is 10.1 Å². The fourth-order valence-corrected chi connectivity index (χ4v) is 1.52. The number of alkyl halides is 3. The van der Waals surface area contributed by atoms with E-state index in [0.29, 0.717) is 5.39 Å². The van der Waals surface area contributed by atoms with Gasteiger partial charge >= 0.3 is 6.18 Å². The van der Waals surface area contributed by atoms with Crippen LogP contribution in [0.2, 0.25) is 0 Å². The average molecular weight is 241 g/mol. The number of fused-ring (bicyclic) bond motifs is 1. The van der Waals surface area contributed by atoms with Gasteiger partial charge in [-0.3, -0.25) is 10.1 Å². The second-order valence-electron chi connectivity index (χ2n) is 3.50. The third-order valence-electron chi connectivity index (χ3n) is 2.36. The topological polar surface area (TPSA) is 43.1 Å². The van der Waals surface area contributed by atoms with Gasteiger partial charge in [0.05, 0.1) is 10.5 Å². The second kappa shape index (κ2) is 3.73. The maximum absolute atomic E-state index is 12.4. The summed E-state index contributed by atoms with van der Waals surface area (Å²) in [6, 6.07) is 6.96. The van der Waals surface area contributed by atoms with Crippen molar-refractivity contribution in [2.24, 2.45) is 0 Å². The van der Waals surface area contributed by atoms with Crippen LogP contribution in [-0.4, -0.2) is 4.92 Å². The van der Waals surface area contributed by atoms with Crippen LogP contribution in [0.3, 0.4) is 0 Å². The Balaban J connectivity index is 2.62. The minimum absolute atomic E-state index is 0.203. The first-order valence-electron chi connectivity index (χ1n) is 4.63. The van der Waals surface area contributed by atoms with Gasteiger partial charge in [0.15, 0.2) is 0 Å². The molecule has 0 aliphatic heterocycles. The van der Waals surface area contributed by atoms with Crippen molar-refractivity contribution in [3.63, 3.8) is 0 Å². The van der Waals surface area contributed by atoms with E-state index in [4.69, 9.17) is 0 Å². The van der Waals surface area contributed by atoms with Crippen molar-refractivity contribution in [2.75, 3.05) is 0 Å². The molecule has 0 amide bonds. The van der Waals surface area contributed by atoms with Crippen LogP contribution < -0.4 is 0 Å². The Morgan fingerprint density at radius 1 is 1.00 bits per heavy atom. The van der Waals surface area contributed by atoms with E-state index in [0.717, 1.165) is 18.2 Å². The zero-order valence-electron chi connectivity index (χ0n) is 8.36. The minimum Gasteiger partial charge on any atom is -0.258 e. The maximum atomic E-state index is 12.4. The molecule has 0 aliphatic rings. The molecule has 0 aromatic heterocycles. The lowest BCUT2D eigenvalue weighted by Gasteiger charge is -2.07. The summed E-state index contributed by atoms with van der Waals surface area (Å²) >= 11 is 0. The molecule has 0 N–H and O–H groups in total. The lowest BCUT2D eigenvalue weighted by molar-refractivity contribution is -0.384. The second-order valence-corrected chi connectivity index (χ2v) is 3.50. The predicted octanol–water partition coefficient (Wildman–Crippen LogP) is 3.77. The quantitative estimate of drug-likeness (QED) is 0.563. The lowest BCUT2D eigenvalue weighted by Crippen LogP contribution is -2.04. The van der Waals surface area contributed by atoms with Crippen molar-refractivity contribution in [2.45, 2.75) is 6.18 Å². The zero-order valence-corrected chi connectivity index (χ0v) is 8.36. The van der Waals surface area contributed by atoms with Crippen molar-refractivity contribution in [3.8, 4) is 0 Å². The number of nitro groups is 1. The van der Waals surface area contributed by atoms with Crippen LogP contribution in [0.1, 0.15) is 5.56 Å². The van der Waals surface area contributed by atoms with E-state index in [1.807, 2.05) is 0 Å². The summed E-state index contributed by atoms with van der Waals surface area (Å²) in [6.45, 7) is 0. The van der Waals surface area contributed by atoms with E-state index >= 15 is 0 Å². The highest BCUT2D eigenvalue weighted by Crippen LogP contribution is 2.32. The Labute approximate surface area is 93.6 Å². The van der Waals surface area contributed by atoms with Crippen LogP contribution in [0.25, 0.3) is 10.8 Å². The standard InChI is InChI=1S/C11H6F3NO2/c12-11(13,14)9-3-1-7-2-4-10(15(16)17)6-8(7)5-9/h1-6H. The van der Waals surface area contributed by atoms with Gasteiger partial charge in [-0.05, 0) is 29.0 Å². The highest BCUT2D eigenvalue weighted by molar-refractivity contribution is 5.85. The first-order chi connectivity index (χ1) is 7.88. The molecule has 0 bridgehead atoms. The molecule has 6 heteroatoms. The summed E-state index contributed by atoms with van der Waals surface area (Å²) in [6.07, 6.45) is -4.45. The molecular formula is C11H6F3NO2. The number of hydrogen-bond acceptors (Lipinski definition) is 2. The Morgan fingerprint density at radius 3 is 2.24 bits per heavy atom. The number of nitrogens with zero attached hydrogens (tertiary/aromatic N) is 1. The molecule has 0 fully saturated rings. The van der Waals surface area contributed by atoms with Gasteiger partial charge in [0, 0.05) is 12.1 Å². The van der Waals surface area contributed by atoms with Crippen LogP contribution in [-0.2, 0) is 6.18 Å². The maximum Gasteiger partial charge on any atom is 0.416 e. The SMILES string of the molecule is O=[N+]([O-])c1ccc2ccc(C(F)(F)F)cc2c1. The summed E-state index contributed by atoms with van der Waals surface area (Å²) in [5.41, 5.74) is -1.04. The Kier molecular flexibility index (Phi) is 2.49. The molecule has 0 saturated carbocycles. The fraction of sp³-hybridized carbons (Fsp3) is 0.0909. The number of rotatable bonds is 1. The van der Waals surface area contributed by atoms with E-state index in [1.165, 1.54) is 18.2 Å². The molecule has 2 aromatic carbocycles. The van der Waals surface area contributed by atoms with Gasteiger partial charge in [-0.15, -0.1) is 0 Å². The van der Waals surface area contributed by atoms with E-state index in [9.17, 15) is 23.3 Å². The van der Waals surface area contributed by atoms with Gasteiger partial charge in [0.1, 0.15) is 0 Å². The zero-order chi connectivity index (χ0) is 12.6. The van der Waals surface area contributed by atoms with Crippen molar-refractivity contribution in [1.82, 2.24) is 0 Å². The molecule has 0 saturated heterocycles. The smallest absolute Gasteiger partial charge is 0.258 e. The first-order valence-corrected chi connectivity index (χ1v) is 4.63. The molecule has 3 nitrogen and oxygen atoms in total. The van der Waals surface area contributed by atoms with Crippen molar-refractivity contribution in [3.05, 3.63) is 52.1 Å². The molecule has 0 heterocycles. The van der Waals surface area contributed by atoms with Gasteiger partial charge < -0.3 is 0 Å². The molecule has 0 spiro atoms. The third kappa shape index (κ3) is 2.20. The fourth-order valence-electron chi connectivity index (χ4n) is 1.52. The van der Waals surface area contributed by atoms with E-state index in [2.05, 4.69) is 0 Å². The number of halogens is 3. The van der Waals surface area contributed by atoms with E-state index in [-0.39, 0.29) is 11.1 Å². The minimum atomic E-state index is -4.45. The van der Waals surface area contributed by atoms with E-state index < -0.39 is 16.7 Å². The lowest BCUT2D eigenvalue weighted by atomic mass is 10.1. The largest absolute Gasteiger partial charge is 0.416 e. The Morgan fingerprint density at radius 2 is 1.65 bits per heavy atom. The first kappa shape index (κ1) is 11.4. The van der Waals surface area contributed by atoms with Gasteiger partial charge in [0.2, 0.25) is 0 Å². The Bertz CT molecular complexity index is 593. The summed E-state index contributed by atoms with van der Waals surface area (Å²) < 4.78 is 37.3. The summed E-state index contributed by atoms with van der Waals surface area (Å²) in [4.78, 5) is 9.87. The summed E-state index contributed by atoms with van der Waals surface area (Å²) in [7, 11) is 0. The molecule has 17 heavy (non-hydrogen) atoms. The van der Waals surface area contributed by atoms with Gasteiger partial charge in [0.25, 0.3) is 5.69 Å². The number of non-ortho nitro benzene ring substituents is 1. The predicted molar refractivity (Wildman–Crippen MR) is 55.6 cm³/mol. The molecule has 0 radical (unpaired) electrons. The van der Waals surface area contributed by atoms with Gasteiger partial charge in [-0.2, -0.15) is 13.2 Å². The molecule has 0 unspecified atom stereocenters. The highest BCUT2D eigenvalue weighted by Gasteiger charge is 2.30. The molecular weight excluding hydrogens is 235 g/mol. The summed E-state index contributed by atoms with van der Waals surface area (Å²) in [5.74, 6) is 0. The number of hydrogen-bond donors (Lipinski definition) is 0. The van der Waals surface area contributed by atoms with E-state index in [1.54, 1.807) is 0 Å². The van der Waals surface area contributed by atoms with Crippen molar-refractivity contribution < 1.29 is 18.1 Å². The van der Waals surface area contributed by atoms with Crippen molar-refractivity contribution >= 4 is 16.5 Å². The van der Waals surface area contributed by atoms with Crippen LogP contribution >= 0.6 is 0 Å². The molecule has 2 rings (SSSR count). The van der Waals surface area contributed by atoms with Crippen LogP contribution in [0.15, 0.2) is 36.4 Å². The summed E-state index contributed by atoms with van der Waals surface area (Å²) in [5, 5.41) is 11.2. The van der Waals surface area contributed by atoms with Crippen molar-refractivity contribution in [1.29, 1.82) is 0 Å². The monoisotopic (exact) mass is 241 g/mol. The molecule has 0 atom stereocenters. The average Bonchev–Trinajstić information content (AvgIpc) is 2.26. The number of nitro benzene ring substituents is 1. The molecule has 0 aliphatic carbocycles. The van der Waals surface area contributed by atoms with Crippen LogP contribution in [0.5, 0.6) is 0 Å². The molecule has 2 aromatic rings. The molecule has 88 valence electrons. The number of benzene rings is 2. The van der Waals surface area contributed by atoms with Gasteiger partial charge in [-0.1, -0.05) is 6.07 Å². The Hall–Kier alpha value is -2.11.